The Bertz CT molecular complexity index is 519. The summed E-state index contributed by atoms with van der Waals surface area (Å²) in [6.07, 6.45) is 2.99. The molecule has 0 aromatic carbocycles. The second kappa shape index (κ2) is 4.63. The molecule has 0 spiro atoms. The van der Waals surface area contributed by atoms with Gasteiger partial charge >= 0.3 is 0 Å². The second-order valence-electron chi connectivity index (χ2n) is 4.18. The molecule has 0 atom stereocenters. The monoisotopic (exact) mass is 234 g/mol. The van der Waals surface area contributed by atoms with E-state index < -0.39 is 0 Å². The van der Waals surface area contributed by atoms with Crippen molar-refractivity contribution >= 4 is 0 Å². The first kappa shape index (κ1) is 11.7. The molecule has 2 aromatic rings. The molecule has 0 bridgehead atoms. The first-order valence-electron chi connectivity index (χ1n) is 5.52. The smallest absolute Gasteiger partial charge is 0.157 e. The van der Waals surface area contributed by atoms with Crippen LogP contribution in [0.25, 0.3) is 5.82 Å². The average molecular weight is 234 g/mol. The molecular formula is C12H15FN4. The van der Waals surface area contributed by atoms with Crippen LogP contribution in [-0.2, 0) is 6.54 Å². The Balaban J connectivity index is 2.44. The highest BCUT2D eigenvalue weighted by Crippen LogP contribution is 2.16. The molecule has 2 rings (SSSR count). The second-order valence-corrected chi connectivity index (χ2v) is 4.18. The fraction of sp³-hybridized carbons (Fsp3) is 0.333. The molecule has 0 radical (unpaired) electrons. The highest BCUT2D eigenvalue weighted by molar-refractivity contribution is 5.33. The minimum atomic E-state index is -0.384. The van der Waals surface area contributed by atoms with Gasteiger partial charge in [-0.1, -0.05) is 13.8 Å². The highest BCUT2D eigenvalue weighted by Gasteiger charge is 2.09. The topological polar surface area (TPSA) is 56.7 Å². The molecule has 17 heavy (non-hydrogen) atoms. The molecule has 0 aliphatic carbocycles. The Morgan fingerprint density at radius 3 is 2.82 bits per heavy atom. The predicted molar refractivity (Wildman–Crippen MR) is 63.3 cm³/mol. The molecule has 0 amide bonds. The molecule has 2 heterocycles. The van der Waals surface area contributed by atoms with Crippen LogP contribution < -0.4 is 5.73 Å². The zero-order chi connectivity index (χ0) is 12.4. The Kier molecular flexibility index (Phi) is 3.19. The third kappa shape index (κ3) is 2.34. The number of hydrogen-bond acceptors (Lipinski definition) is 3. The van der Waals surface area contributed by atoms with Gasteiger partial charge in [0.2, 0.25) is 0 Å². The standard InChI is InChI=1S/C12H15FN4/c1-8(2)11-3-4-17(16-11)12-9(6-14)5-10(13)7-15-12/h3-5,7-8H,6,14H2,1-2H3. The van der Waals surface area contributed by atoms with E-state index in [4.69, 9.17) is 5.73 Å². The molecule has 2 N–H and O–H groups in total. The van der Waals surface area contributed by atoms with Gasteiger partial charge in [0.05, 0.1) is 11.9 Å². The third-order valence-corrected chi connectivity index (χ3v) is 2.55. The van der Waals surface area contributed by atoms with Crippen molar-refractivity contribution in [1.82, 2.24) is 14.8 Å². The van der Waals surface area contributed by atoms with E-state index in [0.717, 1.165) is 5.69 Å². The van der Waals surface area contributed by atoms with Crippen LogP contribution in [-0.4, -0.2) is 14.8 Å². The van der Waals surface area contributed by atoms with E-state index in [1.54, 1.807) is 4.68 Å². The van der Waals surface area contributed by atoms with E-state index >= 15 is 0 Å². The summed E-state index contributed by atoms with van der Waals surface area (Å²) in [7, 11) is 0. The van der Waals surface area contributed by atoms with Gasteiger partial charge in [-0.05, 0) is 18.1 Å². The normalized spacial score (nSPS) is 11.1. The van der Waals surface area contributed by atoms with Gasteiger partial charge in [0.15, 0.2) is 5.82 Å². The van der Waals surface area contributed by atoms with E-state index in [2.05, 4.69) is 23.9 Å². The van der Waals surface area contributed by atoms with E-state index in [1.165, 1.54) is 12.3 Å². The number of hydrogen-bond donors (Lipinski definition) is 1. The number of aromatic nitrogens is 3. The quantitative estimate of drug-likeness (QED) is 0.883. The van der Waals surface area contributed by atoms with Crippen LogP contribution in [0.4, 0.5) is 4.39 Å². The number of halogens is 1. The van der Waals surface area contributed by atoms with Crippen LogP contribution in [0.5, 0.6) is 0 Å². The summed E-state index contributed by atoms with van der Waals surface area (Å²) >= 11 is 0. The van der Waals surface area contributed by atoms with E-state index in [9.17, 15) is 4.39 Å². The first-order chi connectivity index (χ1) is 8.11. The van der Waals surface area contributed by atoms with Crippen molar-refractivity contribution < 1.29 is 4.39 Å². The molecule has 0 saturated carbocycles. The van der Waals surface area contributed by atoms with Gasteiger partial charge in [-0.15, -0.1) is 0 Å². The number of rotatable bonds is 3. The van der Waals surface area contributed by atoms with Crippen molar-refractivity contribution in [3.63, 3.8) is 0 Å². The van der Waals surface area contributed by atoms with Gasteiger partial charge in [-0.25, -0.2) is 14.1 Å². The van der Waals surface area contributed by atoms with Crippen molar-refractivity contribution in [2.24, 2.45) is 5.73 Å². The van der Waals surface area contributed by atoms with Crippen LogP contribution in [0.1, 0.15) is 31.0 Å². The van der Waals surface area contributed by atoms with E-state index in [-0.39, 0.29) is 12.4 Å². The van der Waals surface area contributed by atoms with Gasteiger partial charge < -0.3 is 5.73 Å². The maximum absolute atomic E-state index is 13.0. The number of nitrogens with zero attached hydrogens (tertiary/aromatic N) is 3. The number of nitrogens with two attached hydrogens (primary N) is 1. The number of pyridine rings is 1. The molecule has 0 fully saturated rings. The lowest BCUT2D eigenvalue weighted by atomic mass is 10.1. The Morgan fingerprint density at radius 1 is 1.47 bits per heavy atom. The summed E-state index contributed by atoms with van der Waals surface area (Å²) in [5, 5.41) is 4.39. The fourth-order valence-corrected chi connectivity index (χ4v) is 1.59. The largest absolute Gasteiger partial charge is 0.326 e. The minimum absolute atomic E-state index is 0.233. The average Bonchev–Trinajstić information content (AvgIpc) is 2.78. The van der Waals surface area contributed by atoms with Gasteiger partial charge in [0.25, 0.3) is 0 Å². The molecule has 90 valence electrons. The third-order valence-electron chi connectivity index (χ3n) is 2.55. The van der Waals surface area contributed by atoms with E-state index in [0.29, 0.717) is 17.3 Å². The maximum Gasteiger partial charge on any atom is 0.157 e. The molecule has 4 nitrogen and oxygen atoms in total. The van der Waals surface area contributed by atoms with Gasteiger partial charge in [0, 0.05) is 18.3 Å². The maximum atomic E-state index is 13.0. The van der Waals surface area contributed by atoms with Crippen molar-refractivity contribution in [3.8, 4) is 5.82 Å². The molecule has 0 saturated heterocycles. The molecular weight excluding hydrogens is 219 g/mol. The minimum Gasteiger partial charge on any atom is -0.326 e. The van der Waals surface area contributed by atoms with Crippen molar-refractivity contribution in [2.45, 2.75) is 26.3 Å². The SMILES string of the molecule is CC(C)c1ccn(-c2ncc(F)cc2CN)n1. The van der Waals surface area contributed by atoms with Gasteiger partial charge in [-0.3, -0.25) is 0 Å². The lowest BCUT2D eigenvalue weighted by molar-refractivity contribution is 0.615. The lowest BCUT2D eigenvalue weighted by Gasteiger charge is -2.06. The first-order valence-corrected chi connectivity index (χ1v) is 5.52. The Labute approximate surface area is 99.3 Å². The Hall–Kier alpha value is -1.75. The van der Waals surface area contributed by atoms with Crippen LogP contribution in [0.3, 0.4) is 0 Å². The van der Waals surface area contributed by atoms with Crippen molar-refractivity contribution in [1.29, 1.82) is 0 Å². The summed E-state index contributed by atoms with van der Waals surface area (Å²) < 4.78 is 14.7. The summed E-state index contributed by atoms with van der Waals surface area (Å²) in [6.45, 7) is 4.36. The van der Waals surface area contributed by atoms with Crippen LogP contribution >= 0.6 is 0 Å². The van der Waals surface area contributed by atoms with Crippen LogP contribution in [0.2, 0.25) is 0 Å². The molecule has 5 heteroatoms. The molecule has 0 unspecified atom stereocenters. The lowest BCUT2D eigenvalue weighted by Crippen LogP contribution is -2.08. The molecule has 0 aliphatic rings. The van der Waals surface area contributed by atoms with Crippen molar-refractivity contribution in [3.05, 3.63) is 41.6 Å². The van der Waals surface area contributed by atoms with Crippen LogP contribution in [0.15, 0.2) is 24.5 Å². The molecule has 2 aromatic heterocycles. The summed E-state index contributed by atoms with van der Waals surface area (Å²) in [4.78, 5) is 4.04. The Morgan fingerprint density at radius 2 is 2.24 bits per heavy atom. The molecule has 0 aliphatic heterocycles. The van der Waals surface area contributed by atoms with Gasteiger partial charge in [-0.2, -0.15) is 5.10 Å². The summed E-state index contributed by atoms with van der Waals surface area (Å²) in [5.41, 5.74) is 7.19. The van der Waals surface area contributed by atoms with Crippen LogP contribution in [0, 0.1) is 5.82 Å². The van der Waals surface area contributed by atoms with Gasteiger partial charge in [0.1, 0.15) is 5.82 Å². The van der Waals surface area contributed by atoms with E-state index in [1.807, 2.05) is 12.3 Å². The summed E-state index contributed by atoms with van der Waals surface area (Å²) in [6, 6.07) is 3.31. The zero-order valence-electron chi connectivity index (χ0n) is 9.89. The summed E-state index contributed by atoms with van der Waals surface area (Å²) in [5.74, 6) is 0.546. The zero-order valence-corrected chi connectivity index (χ0v) is 9.89. The highest BCUT2D eigenvalue weighted by atomic mass is 19.1. The predicted octanol–water partition coefficient (Wildman–Crippen LogP) is 1.99. The van der Waals surface area contributed by atoms with Crippen molar-refractivity contribution in [2.75, 3.05) is 0 Å². The fourth-order valence-electron chi connectivity index (χ4n) is 1.59.